The number of nitrogens with one attached hydrogen (secondary N) is 3. The third kappa shape index (κ3) is 6.79. The molecule has 2 heterocycles. The lowest BCUT2D eigenvalue weighted by Crippen LogP contribution is -2.47. The first-order chi connectivity index (χ1) is 17.0. The lowest BCUT2D eigenvalue weighted by atomic mass is 10.0. The van der Waals surface area contributed by atoms with E-state index in [-0.39, 0.29) is 11.6 Å². The Hall–Kier alpha value is -3.46. The molecular weight excluding hydrogens is 505 g/mol. The van der Waals surface area contributed by atoms with Crippen molar-refractivity contribution in [3.8, 4) is 0 Å². The first kappa shape index (κ1) is 24.7. The molecule has 0 aliphatic rings. The molecule has 2 aromatic carbocycles. The topological polar surface area (TPSA) is 96.0 Å². The van der Waals surface area contributed by atoms with Crippen LogP contribution in [0.1, 0.15) is 21.6 Å². The summed E-state index contributed by atoms with van der Waals surface area (Å²) in [6, 6.07) is 17.6. The van der Waals surface area contributed by atoms with Crippen LogP contribution in [0.4, 0.5) is 10.8 Å². The second-order valence-electron chi connectivity index (χ2n) is 7.56. The summed E-state index contributed by atoms with van der Waals surface area (Å²) in [6.45, 7) is 0.305. The molecule has 3 N–H and O–H groups in total. The molecule has 0 aliphatic carbocycles. The quantitative estimate of drug-likeness (QED) is 0.277. The number of hydrogen-bond donors (Lipinski definition) is 3. The molecular formula is C25H21Cl2N5O2S. The van der Waals surface area contributed by atoms with Crippen LogP contribution >= 0.6 is 34.5 Å². The Bertz CT molecular complexity index is 1300. The van der Waals surface area contributed by atoms with Gasteiger partial charge in [0, 0.05) is 30.7 Å². The number of benzene rings is 2. The van der Waals surface area contributed by atoms with Crippen LogP contribution in [0.15, 0.2) is 78.4 Å². The summed E-state index contributed by atoms with van der Waals surface area (Å²) in [7, 11) is 0. The number of hydrogen-bond acceptors (Lipinski definition) is 6. The summed E-state index contributed by atoms with van der Waals surface area (Å²) in [5, 5.41) is 11.6. The molecule has 0 bridgehead atoms. The van der Waals surface area contributed by atoms with E-state index in [4.69, 9.17) is 23.2 Å². The SMILES string of the molecule is O=C(N[C@@H](Cc1ccccc1)C(=O)NCc1cccnc1)c1csc(Nc2cccc(Cl)c2Cl)n1. The predicted molar refractivity (Wildman–Crippen MR) is 139 cm³/mol. The van der Waals surface area contributed by atoms with Gasteiger partial charge in [0.2, 0.25) is 5.91 Å². The normalized spacial score (nSPS) is 11.5. The molecule has 4 aromatic rings. The average Bonchev–Trinajstić information content (AvgIpc) is 3.35. The fraction of sp³-hybridized carbons (Fsp3) is 0.120. The van der Waals surface area contributed by atoms with Gasteiger partial charge in [-0.15, -0.1) is 11.3 Å². The highest BCUT2D eigenvalue weighted by Crippen LogP contribution is 2.32. The van der Waals surface area contributed by atoms with E-state index in [0.29, 0.717) is 33.8 Å². The van der Waals surface area contributed by atoms with Crippen molar-refractivity contribution in [2.75, 3.05) is 5.32 Å². The number of carbonyl (C=O) groups is 2. The second-order valence-corrected chi connectivity index (χ2v) is 9.20. The molecule has 0 fully saturated rings. The van der Waals surface area contributed by atoms with Gasteiger partial charge in [-0.3, -0.25) is 14.6 Å². The highest BCUT2D eigenvalue weighted by Gasteiger charge is 2.23. The number of aromatic nitrogens is 2. The number of nitrogens with zero attached hydrogens (tertiary/aromatic N) is 2. The third-order valence-corrected chi connectivity index (χ3v) is 6.60. The fourth-order valence-electron chi connectivity index (χ4n) is 3.26. The van der Waals surface area contributed by atoms with Crippen molar-refractivity contribution in [1.82, 2.24) is 20.6 Å². The van der Waals surface area contributed by atoms with Crippen molar-refractivity contribution in [3.63, 3.8) is 0 Å². The van der Waals surface area contributed by atoms with Crippen molar-refractivity contribution in [3.05, 3.63) is 105 Å². The Morgan fingerprint density at radius 1 is 0.971 bits per heavy atom. The fourth-order valence-corrected chi connectivity index (χ4v) is 4.31. The summed E-state index contributed by atoms with van der Waals surface area (Å²) in [4.78, 5) is 34.4. The molecule has 0 aliphatic heterocycles. The summed E-state index contributed by atoms with van der Waals surface area (Å²) < 4.78 is 0. The number of rotatable bonds is 9. The lowest BCUT2D eigenvalue weighted by Gasteiger charge is -2.18. The number of pyridine rings is 1. The van der Waals surface area contributed by atoms with E-state index in [0.717, 1.165) is 11.1 Å². The summed E-state index contributed by atoms with van der Waals surface area (Å²) in [5.74, 6) is -0.755. The van der Waals surface area contributed by atoms with E-state index in [1.165, 1.54) is 11.3 Å². The van der Waals surface area contributed by atoms with Gasteiger partial charge in [0.15, 0.2) is 5.13 Å². The predicted octanol–water partition coefficient (Wildman–Crippen LogP) is 5.25. The van der Waals surface area contributed by atoms with E-state index < -0.39 is 11.9 Å². The molecule has 1 atom stereocenters. The Labute approximate surface area is 216 Å². The van der Waals surface area contributed by atoms with Crippen LogP contribution in [0.2, 0.25) is 10.0 Å². The Morgan fingerprint density at radius 2 is 1.77 bits per heavy atom. The number of thiazole rings is 1. The van der Waals surface area contributed by atoms with Gasteiger partial charge in [-0.25, -0.2) is 4.98 Å². The minimum Gasteiger partial charge on any atom is -0.350 e. The van der Waals surface area contributed by atoms with Crippen molar-refractivity contribution >= 4 is 57.2 Å². The third-order valence-electron chi connectivity index (χ3n) is 5.02. The number of amides is 2. The van der Waals surface area contributed by atoms with Crippen molar-refractivity contribution in [1.29, 1.82) is 0 Å². The minimum atomic E-state index is -0.790. The monoisotopic (exact) mass is 525 g/mol. The average molecular weight is 526 g/mol. The molecule has 0 unspecified atom stereocenters. The number of anilines is 2. The Kier molecular flexibility index (Phi) is 8.31. The molecule has 0 saturated heterocycles. The van der Waals surface area contributed by atoms with Crippen molar-refractivity contribution < 1.29 is 9.59 Å². The first-order valence-corrected chi connectivity index (χ1v) is 12.3. The molecule has 10 heteroatoms. The van der Waals surface area contributed by atoms with Crippen LogP contribution in [0.5, 0.6) is 0 Å². The zero-order chi connectivity index (χ0) is 24.6. The van der Waals surface area contributed by atoms with E-state index in [1.54, 1.807) is 42.0 Å². The first-order valence-electron chi connectivity index (χ1n) is 10.7. The molecule has 0 spiro atoms. The number of carbonyl (C=O) groups excluding carboxylic acids is 2. The van der Waals surface area contributed by atoms with Gasteiger partial charge in [-0.05, 0) is 29.3 Å². The number of halogens is 2. The smallest absolute Gasteiger partial charge is 0.271 e. The zero-order valence-corrected chi connectivity index (χ0v) is 20.7. The van der Waals surface area contributed by atoms with E-state index in [1.807, 2.05) is 36.4 Å². The summed E-state index contributed by atoms with van der Waals surface area (Å²) in [5.41, 5.74) is 2.55. The maximum Gasteiger partial charge on any atom is 0.271 e. The van der Waals surface area contributed by atoms with Crippen molar-refractivity contribution in [2.24, 2.45) is 0 Å². The van der Waals surface area contributed by atoms with Crippen LogP contribution < -0.4 is 16.0 Å². The van der Waals surface area contributed by atoms with Gasteiger partial charge in [-0.2, -0.15) is 0 Å². The lowest BCUT2D eigenvalue weighted by molar-refractivity contribution is -0.123. The molecule has 0 radical (unpaired) electrons. The Morgan fingerprint density at radius 3 is 2.54 bits per heavy atom. The van der Waals surface area contributed by atoms with Crippen molar-refractivity contribution in [2.45, 2.75) is 19.0 Å². The molecule has 7 nitrogen and oxygen atoms in total. The highest BCUT2D eigenvalue weighted by atomic mass is 35.5. The van der Waals surface area contributed by atoms with Gasteiger partial charge in [0.05, 0.1) is 15.7 Å². The molecule has 0 saturated carbocycles. The molecule has 4 rings (SSSR count). The van der Waals surface area contributed by atoms with Crippen LogP contribution in [-0.4, -0.2) is 27.8 Å². The molecule has 35 heavy (non-hydrogen) atoms. The summed E-state index contributed by atoms with van der Waals surface area (Å²) in [6.07, 6.45) is 3.68. The van der Waals surface area contributed by atoms with Gasteiger partial charge < -0.3 is 16.0 Å². The maximum absolute atomic E-state index is 13.0. The van der Waals surface area contributed by atoms with E-state index in [9.17, 15) is 9.59 Å². The van der Waals surface area contributed by atoms with Gasteiger partial charge in [-0.1, -0.05) is 65.7 Å². The second kappa shape index (κ2) is 11.8. The minimum absolute atomic E-state index is 0.189. The van der Waals surface area contributed by atoms with Crippen LogP contribution in [-0.2, 0) is 17.8 Å². The molecule has 178 valence electrons. The van der Waals surface area contributed by atoms with Gasteiger partial charge in [0.1, 0.15) is 11.7 Å². The van der Waals surface area contributed by atoms with E-state index in [2.05, 4.69) is 25.9 Å². The zero-order valence-electron chi connectivity index (χ0n) is 18.4. The maximum atomic E-state index is 13.0. The van der Waals surface area contributed by atoms with Crippen LogP contribution in [0.25, 0.3) is 0 Å². The summed E-state index contributed by atoms with van der Waals surface area (Å²) >= 11 is 13.5. The standard InChI is InChI=1S/C25H21Cl2N5O2S/c26-18-9-4-10-19(22(18)27)31-25-32-21(15-35-25)24(34)30-20(12-16-6-2-1-3-7-16)23(33)29-14-17-8-5-11-28-13-17/h1-11,13,15,20H,12,14H2,(H,29,33)(H,30,34)(H,31,32)/t20-/m0/s1. The molecule has 2 aromatic heterocycles. The largest absolute Gasteiger partial charge is 0.350 e. The van der Waals surface area contributed by atoms with E-state index >= 15 is 0 Å². The molecule has 2 amide bonds. The Balaban J connectivity index is 1.45. The van der Waals surface area contributed by atoms with Gasteiger partial charge in [0.25, 0.3) is 5.91 Å². The van der Waals surface area contributed by atoms with Crippen LogP contribution in [0, 0.1) is 0 Å². The van der Waals surface area contributed by atoms with Crippen LogP contribution in [0.3, 0.4) is 0 Å². The highest BCUT2D eigenvalue weighted by molar-refractivity contribution is 7.14. The van der Waals surface area contributed by atoms with Gasteiger partial charge >= 0.3 is 0 Å².